The minimum Gasteiger partial charge on any atom is -0.463 e. The molecule has 0 bridgehead atoms. The van der Waals surface area contributed by atoms with Crippen molar-refractivity contribution in [2.75, 3.05) is 19.7 Å². The first-order valence-corrected chi connectivity index (χ1v) is 7.82. The lowest BCUT2D eigenvalue weighted by Crippen LogP contribution is -2.46. The molecule has 1 aromatic rings. The average Bonchev–Trinajstić information content (AvgIpc) is 2.52. The third-order valence-corrected chi connectivity index (χ3v) is 3.75. The Balaban J connectivity index is 2.08. The van der Waals surface area contributed by atoms with Crippen molar-refractivity contribution in [3.63, 3.8) is 0 Å². The number of urea groups is 1. The zero-order valence-corrected chi connectivity index (χ0v) is 13.9. The smallest absolute Gasteiger partial charge is 0.337 e. The number of rotatable bonds is 6. The average molecular weight is 338 g/mol. The van der Waals surface area contributed by atoms with Crippen molar-refractivity contribution in [3.05, 3.63) is 46.1 Å². The lowest BCUT2D eigenvalue weighted by Gasteiger charge is -2.23. The molecule has 1 atom stereocenters. The summed E-state index contributed by atoms with van der Waals surface area (Å²) >= 11 is 5.99. The van der Waals surface area contributed by atoms with Crippen LogP contribution in [0, 0.1) is 0 Å². The molecule has 0 fully saturated rings. The molecule has 7 heteroatoms. The van der Waals surface area contributed by atoms with Gasteiger partial charge in [-0.25, -0.2) is 9.59 Å². The predicted molar refractivity (Wildman–Crippen MR) is 88.1 cm³/mol. The van der Waals surface area contributed by atoms with E-state index < -0.39 is 5.97 Å². The highest BCUT2D eigenvalue weighted by Gasteiger charge is 2.23. The molecule has 0 aliphatic carbocycles. The molecule has 0 spiro atoms. The minimum atomic E-state index is -0.424. The number of benzene rings is 1. The monoisotopic (exact) mass is 337 g/mol. The van der Waals surface area contributed by atoms with Gasteiger partial charge in [0, 0.05) is 23.3 Å². The zero-order valence-electron chi connectivity index (χ0n) is 13.1. The number of hydrogen-bond donors (Lipinski definition) is 3. The Hall–Kier alpha value is -2.05. The Kier molecular flexibility index (Phi) is 6.01. The Morgan fingerprint density at radius 3 is 2.96 bits per heavy atom. The Morgan fingerprint density at radius 2 is 2.26 bits per heavy atom. The third-order valence-electron chi connectivity index (χ3n) is 3.51. The fourth-order valence-corrected chi connectivity index (χ4v) is 2.44. The standard InChI is InChI=1S/C16H20ClN3O3/c1-3-23-15(21)13-8-19-16(22)20-14(13)9-18-10(2)11-5-4-6-12(17)7-11/h4-7,10,18H,3,8-9H2,1-2H3,(H2,19,20,22)/t10-/m1/s1. The number of amides is 2. The summed E-state index contributed by atoms with van der Waals surface area (Å²) in [6.07, 6.45) is 0. The van der Waals surface area contributed by atoms with E-state index in [2.05, 4.69) is 16.0 Å². The van der Waals surface area contributed by atoms with Gasteiger partial charge in [-0.05, 0) is 31.5 Å². The van der Waals surface area contributed by atoms with E-state index in [4.69, 9.17) is 16.3 Å². The number of carbonyl (C=O) groups excluding carboxylic acids is 2. The molecule has 124 valence electrons. The number of nitrogens with one attached hydrogen (secondary N) is 3. The van der Waals surface area contributed by atoms with E-state index in [0.29, 0.717) is 22.8 Å². The van der Waals surface area contributed by atoms with Gasteiger partial charge in [-0.15, -0.1) is 0 Å². The van der Waals surface area contributed by atoms with Crippen molar-refractivity contribution in [1.82, 2.24) is 16.0 Å². The van der Waals surface area contributed by atoms with Crippen LogP contribution in [-0.4, -0.2) is 31.7 Å². The zero-order chi connectivity index (χ0) is 16.8. The van der Waals surface area contributed by atoms with Crippen LogP contribution in [0.2, 0.25) is 5.02 Å². The molecule has 23 heavy (non-hydrogen) atoms. The van der Waals surface area contributed by atoms with Crippen LogP contribution in [0.5, 0.6) is 0 Å². The molecule has 1 aliphatic heterocycles. The normalized spacial score (nSPS) is 15.7. The summed E-state index contributed by atoms with van der Waals surface area (Å²) in [7, 11) is 0. The number of carbonyl (C=O) groups is 2. The highest BCUT2D eigenvalue weighted by Crippen LogP contribution is 2.18. The largest absolute Gasteiger partial charge is 0.463 e. The van der Waals surface area contributed by atoms with Gasteiger partial charge in [0.05, 0.1) is 18.7 Å². The van der Waals surface area contributed by atoms with Crippen molar-refractivity contribution in [3.8, 4) is 0 Å². The number of ether oxygens (including phenoxy) is 1. The van der Waals surface area contributed by atoms with E-state index in [-0.39, 0.29) is 25.2 Å². The fraction of sp³-hybridized carbons (Fsp3) is 0.375. The summed E-state index contributed by atoms with van der Waals surface area (Å²) in [5.41, 5.74) is 1.98. The molecular formula is C16H20ClN3O3. The molecular weight excluding hydrogens is 318 g/mol. The molecule has 2 amide bonds. The second-order valence-electron chi connectivity index (χ2n) is 5.14. The molecule has 2 rings (SSSR count). The maximum Gasteiger partial charge on any atom is 0.337 e. The quantitative estimate of drug-likeness (QED) is 0.695. The molecule has 0 aromatic heterocycles. The van der Waals surface area contributed by atoms with E-state index in [0.717, 1.165) is 5.56 Å². The van der Waals surface area contributed by atoms with Gasteiger partial charge in [-0.3, -0.25) is 0 Å². The summed E-state index contributed by atoms with van der Waals surface area (Å²) in [5.74, 6) is -0.424. The van der Waals surface area contributed by atoms with Crippen LogP contribution in [0.3, 0.4) is 0 Å². The van der Waals surface area contributed by atoms with Crippen LogP contribution in [0.25, 0.3) is 0 Å². The van der Waals surface area contributed by atoms with E-state index in [1.54, 1.807) is 6.92 Å². The SMILES string of the molecule is CCOC(=O)C1=C(CN[C@H](C)c2cccc(Cl)c2)NC(=O)NC1. The second kappa shape index (κ2) is 7.99. The number of esters is 1. The van der Waals surface area contributed by atoms with Gasteiger partial charge < -0.3 is 20.7 Å². The van der Waals surface area contributed by atoms with Crippen LogP contribution in [0.1, 0.15) is 25.5 Å². The highest BCUT2D eigenvalue weighted by atomic mass is 35.5. The lowest BCUT2D eigenvalue weighted by atomic mass is 10.1. The summed E-state index contributed by atoms with van der Waals surface area (Å²) < 4.78 is 5.02. The fourth-order valence-electron chi connectivity index (χ4n) is 2.25. The topological polar surface area (TPSA) is 79.5 Å². The van der Waals surface area contributed by atoms with Gasteiger partial charge >= 0.3 is 12.0 Å². The van der Waals surface area contributed by atoms with E-state index in [1.807, 2.05) is 31.2 Å². The molecule has 3 N–H and O–H groups in total. The molecule has 1 heterocycles. The van der Waals surface area contributed by atoms with Gasteiger partial charge in [-0.1, -0.05) is 23.7 Å². The second-order valence-corrected chi connectivity index (χ2v) is 5.58. The van der Waals surface area contributed by atoms with Crippen LogP contribution in [0.15, 0.2) is 35.5 Å². The van der Waals surface area contributed by atoms with Gasteiger partial charge in [0.25, 0.3) is 0 Å². The Morgan fingerprint density at radius 1 is 1.48 bits per heavy atom. The number of hydrogen-bond acceptors (Lipinski definition) is 4. The van der Waals surface area contributed by atoms with Gasteiger partial charge in [-0.2, -0.15) is 0 Å². The van der Waals surface area contributed by atoms with Crippen molar-refractivity contribution in [2.24, 2.45) is 0 Å². The summed E-state index contributed by atoms with van der Waals surface area (Å²) in [6.45, 7) is 4.52. The first-order chi connectivity index (χ1) is 11.0. The maximum absolute atomic E-state index is 12.0. The summed E-state index contributed by atoms with van der Waals surface area (Å²) in [5, 5.41) is 9.18. The minimum absolute atomic E-state index is 0.0106. The molecule has 6 nitrogen and oxygen atoms in total. The van der Waals surface area contributed by atoms with Crippen LogP contribution in [0.4, 0.5) is 4.79 Å². The van der Waals surface area contributed by atoms with Gasteiger partial charge in [0.1, 0.15) is 0 Å². The van der Waals surface area contributed by atoms with E-state index in [1.165, 1.54) is 0 Å². The third kappa shape index (κ3) is 4.71. The van der Waals surface area contributed by atoms with E-state index >= 15 is 0 Å². The Labute approximate surface area is 140 Å². The van der Waals surface area contributed by atoms with Crippen molar-refractivity contribution in [1.29, 1.82) is 0 Å². The summed E-state index contributed by atoms with van der Waals surface area (Å²) in [4.78, 5) is 23.5. The van der Waals surface area contributed by atoms with Crippen molar-refractivity contribution in [2.45, 2.75) is 19.9 Å². The van der Waals surface area contributed by atoms with Crippen molar-refractivity contribution < 1.29 is 14.3 Å². The molecule has 0 radical (unpaired) electrons. The first-order valence-electron chi connectivity index (χ1n) is 7.44. The van der Waals surface area contributed by atoms with E-state index in [9.17, 15) is 9.59 Å². The molecule has 0 saturated heterocycles. The van der Waals surface area contributed by atoms with Crippen LogP contribution >= 0.6 is 11.6 Å². The molecule has 1 aromatic carbocycles. The maximum atomic E-state index is 12.0. The van der Waals surface area contributed by atoms with Crippen molar-refractivity contribution >= 4 is 23.6 Å². The van der Waals surface area contributed by atoms with Gasteiger partial charge in [0.15, 0.2) is 0 Å². The summed E-state index contributed by atoms with van der Waals surface area (Å²) in [6, 6.07) is 7.21. The Bertz CT molecular complexity index is 631. The van der Waals surface area contributed by atoms with Crippen LogP contribution < -0.4 is 16.0 Å². The lowest BCUT2D eigenvalue weighted by molar-refractivity contribution is -0.138. The molecule has 0 unspecified atom stereocenters. The van der Waals surface area contributed by atoms with Gasteiger partial charge in [0.2, 0.25) is 0 Å². The predicted octanol–water partition coefficient (Wildman–Crippen LogP) is 2.12. The molecule has 0 saturated carbocycles. The number of halogens is 1. The van der Waals surface area contributed by atoms with Crippen LogP contribution in [-0.2, 0) is 9.53 Å². The first kappa shape index (κ1) is 17.3. The molecule has 1 aliphatic rings. The highest BCUT2D eigenvalue weighted by molar-refractivity contribution is 6.30.